The van der Waals surface area contributed by atoms with E-state index < -0.39 is 60.4 Å². The second-order valence-electron chi connectivity index (χ2n) is 8.36. The van der Waals surface area contributed by atoms with Crippen molar-refractivity contribution in [1.82, 2.24) is 0 Å². The zero-order chi connectivity index (χ0) is 23.2. The minimum Gasteiger partial charge on any atom is -0.456 e. The molecule has 0 radical (unpaired) electrons. The molecule has 1 rings (SSSR count). The second kappa shape index (κ2) is 11.4. The summed E-state index contributed by atoms with van der Waals surface area (Å²) in [6, 6.07) is 0. The van der Waals surface area contributed by atoms with E-state index in [4.69, 9.17) is 14.2 Å². The van der Waals surface area contributed by atoms with Crippen LogP contribution in [0.5, 0.6) is 0 Å². The van der Waals surface area contributed by atoms with Gasteiger partial charge in [0.05, 0.1) is 5.92 Å². The summed E-state index contributed by atoms with van der Waals surface area (Å²) in [6.07, 6.45) is -8.21. The molecule has 0 heterocycles. The minimum atomic E-state index is -1.72. The molecule has 0 saturated heterocycles. The Morgan fingerprint density at radius 1 is 0.867 bits per heavy atom. The summed E-state index contributed by atoms with van der Waals surface area (Å²) in [6.45, 7) is 10.3. The van der Waals surface area contributed by atoms with E-state index in [0.29, 0.717) is 12.0 Å². The topological polar surface area (TPSA) is 140 Å². The molecule has 1 aliphatic rings. The van der Waals surface area contributed by atoms with Crippen LogP contribution < -0.4 is 0 Å². The first-order chi connectivity index (χ1) is 13.9. The fraction of sp³-hybridized carbons (Fsp3) is 0.762. The van der Waals surface area contributed by atoms with E-state index in [1.165, 1.54) is 0 Å². The van der Waals surface area contributed by atoms with Crippen molar-refractivity contribution in [3.63, 3.8) is 0 Å². The highest BCUT2D eigenvalue weighted by Gasteiger charge is 2.55. The van der Waals surface area contributed by atoms with Gasteiger partial charge in [-0.25, -0.2) is 4.79 Å². The Hall–Kier alpha value is -1.97. The first kappa shape index (κ1) is 26.1. The van der Waals surface area contributed by atoms with Gasteiger partial charge in [-0.3, -0.25) is 9.59 Å². The maximum Gasteiger partial charge on any atom is 0.331 e. The van der Waals surface area contributed by atoms with Crippen LogP contribution in [0.1, 0.15) is 54.4 Å². The maximum absolute atomic E-state index is 12.2. The van der Waals surface area contributed by atoms with Crippen LogP contribution in [0.4, 0.5) is 0 Å². The lowest BCUT2D eigenvalue weighted by Gasteiger charge is -2.44. The number of carbonyl (C=O) groups is 3. The third-order valence-corrected chi connectivity index (χ3v) is 4.79. The quantitative estimate of drug-likeness (QED) is 0.291. The summed E-state index contributed by atoms with van der Waals surface area (Å²) in [7, 11) is 0. The van der Waals surface area contributed by atoms with Crippen molar-refractivity contribution < 1.29 is 43.9 Å². The van der Waals surface area contributed by atoms with E-state index in [0.717, 1.165) is 6.08 Å². The van der Waals surface area contributed by atoms with Gasteiger partial charge in [-0.2, -0.15) is 0 Å². The summed E-state index contributed by atoms with van der Waals surface area (Å²) in [5, 5.41) is 31.9. The van der Waals surface area contributed by atoms with Crippen molar-refractivity contribution >= 4 is 17.9 Å². The molecule has 9 heteroatoms. The van der Waals surface area contributed by atoms with Crippen LogP contribution >= 0.6 is 0 Å². The number of allylic oxidation sites excluding steroid dienone is 1. The van der Waals surface area contributed by atoms with Crippen LogP contribution in [0.15, 0.2) is 11.6 Å². The zero-order valence-electron chi connectivity index (χ0n) is 18.4. The Morgan fingerprint density at radius 3 is 1.77 bits per heavy atom. The van der Waals surface area contributed by atoms with Crippen LogP contribution in [0.3, 0.4) is 0 Å². The molecule has 0 aromatic heterocycles. The monoisotopic (exact) mass is 430 g/mol. The van der Waals surface area contributed by atoms with Gasteiger partial charge in [0, 0.05) is 12.5 Å². The van der Waals surface area contributed by atoms with Crippen molar-refractivity contribution in [3.8, 4) is 0 Å². The number of hydrogen-bond donors (Lipinski definition) is 3. The van der Waals surface area contributed by atoms with E-state index in [1.807, 2.05) is 0 Å². The summed E-state index contributed by atoms with van der Waals surface area (Å²) in [5.41, 5.74) is 0.625. The lowest BCUT2D eigenvalue weighted by molar-refractivity contribution is -0.246. The Morgan fingerprint density at radius 2 is 1.33 bits per heavy atom. The number of hydrogen-bond acceptors (Lipinski definition) is 9. The fourth-order valence-electron chi connectivity index (χ4n) is 2.94. The second-order valence-corrected chi connectivity index (χ2v) is 8.36. The normalized spacial score (nSPS) is 29.7. The van der Waals surface area contributed by atoms with Crippen molar-refractivity contribution in [2.45, 2.75) is 91.0 Å². The highest BCUT2D eigenvalue weighted by molar-refractivity contribution is 5.82. The molecule has 0 spiro atoms. The summed E-state index contributed by atoms with van der Waals surface area (Å²) in [4.78, 5) is 36.4. The largest absolute Gasteiger partial charge is 0.456 e. The van der Waals surface area contributed by atoms with E-state index >= 15 is 0 Å². The van der Waals surface area contributed by atoms with Gasteiger partial charge < -0.3 is 29.5 Å². The number of esters is 3. The molecule has 0 bridgehead atoms. The number of carbonyl (C=O) groups excluding carboxylic acids is 3. The number of ether oxygens (including phenoxy) is 3. The first-order valence-corrected chi connectivity index (χ1v) is 10.2. The number of aliphatic hydroxyl groups is 3. The molecular formula is C21H34O9. The SMILES string of the molecule is CCC(C)C(=O)OC1C(O)C(OC(=O)C=C(C)C)C(O)C(OC(=O)CC(C)C)C1O. The van der Waals surface area contributed by atoms with Gasteiger partial charge in [0.25, 0.3) is 0 Å². The van der Waals surface area contributed by atoms with Gasteiger partial charge in [-0.1, -0.05) is 33.3 Å². The molecule has 30 heavy (non-hydrogen) atoms. The van der Waals surface area contributed by atoms with Crippen LogP contribution in [0.2, 0.25) is 0 Å². The van der Waals surface area contributed by atoms with Gasteiger partial charge in [0.2, 0.25) is 0 Å². The van der Waals surface area contributed by atoms with Gasteiger partial charge in [0.1, 0.15) is 18.3 Å². The van der Waals surface area contributed by atoms with E-state index in [2.05, 4.69) is 0 Å². The molecule has 0 amide bonds. The minimum absolute atomic E-state index is 0.0258. The molecule has 172 valence electrons. The first-order valence-electron chi connectivity index (χ1n) is 10.2. The molecule has 1 saturated carbocycles. The van der Waals surface area contributed by atoms with Gasteiger partial charge in [-0.15, -0.1) is 0 Å². The van der Waals surface area contributed by atoms with E-state index in [1.54, 1.807) is 41.5 Å². The van der Waals surface area contributed by atoms with Crippen LogP contribution in [-0.2, 0) is 28.6 Å². The highest BCUT2D eigenvalue weighted by atomic mass is 16.6. The lowest BCUT2D eigenvalue weighted by Crippen LogP contribution is -2.66. The summed E-state index contributed by atoms with van der Waals surface area (Å²) < 4.78 is 15.6. The summed E-state index contributed by atoms with van der Waals surface area (Å²) >= 11 is 0. The number of aliphatic hydroxyl groups excluding tert-OH is 3. The van der Waals surface area contributed by atoms with Crippen LogP contribution in [-0.4, -0.2) is 69.9 Å². The van der Waals surface area contributed by atoms with Crippen LogP contribution in [0.25, 0.3) is 0 Å². The molecule has 0 aliphatic heterocycles. The predicted octanol–water partition coefficient (Wildman–Crippen LogP) is 0.876. The Kier molecular flexibility index (Phi) is 9.93. The van der Waals surface area contributed by atoms with E-state index in [-0.39, 0.29) is 12.3 Å². The molecule has 3 N–H and O–H groups in total. The summed E-state index contributed by atoms with van der Waals surface area (Å²) in [5.74, 6) is -2.76. The zero-order valence-corrected chi connectivity index (χ0v) is 18.4. The molecule has 9 nitrogen and oxygen atoms in total. The van der Waals surface area contributed by atoms with Gasteiger partial charge >= 0.3 is 17.9 Å². The van der Waals surface area contributed by atoms with Crippen molar-refractivity contribution in [2.75, 3.05) is 0 Å². The van der Waals surface area contributed by atoms with Crippen LogP contribution in [0, 0.1) is 11.8 Å². The Labute approximate surface area is 177 Å². The van der Waals surface area contributed by atoms with Crippen molar-refractivity contribution in [3.05, 3.63) is 11.6 Å². The molecule has 0 aromatic rings. The van der Waals surface area contributed by atoms with Gasteiger partial charge in [0.15, 0.2) is 18.3 Å². The Bertz CT molecular complexity index is 638. The molecule has 1 aliphatic carbocycles. The standard InChI is InChI=1S/C21H34O9/c1-7-12(6)21(27)30-20-16(25)18(28-13(22)8-10(2)3)15(24)19(17(20)26)29-14(23)9-11(4)5/h8,11-12,15-20,24-26H,7,9H2,1-6H3. The average molecular weight is 430 g/mol. The third kappa shape index (κ3) is 7.07. The highest BCUT2D eigenvalue weighted by Crippen LogP contribution is 2.29. The molecule has 0 aromatic carbocycles. The fourth-order valence-corrected chi connectivity index (χ4v) is 2.94. The predicted molar refractivity (Wildman–Crippen MR) is 106 cm³/mol. The van der Waals surface area contributed by atoms with Crippen molar-refractivity contribution in [2.24, 2.45) is 11.8 Å². The Balaban J connectivity index is 3.17. The smallest absolute Gasteiger partial charge is 0.331 e. The average Bonchev–Trinajstić information content (AvgIpc) is 2.63. The van der Waals surface area contributed by atoms with Crippen molar-refractivity contribution in [1.29, 1.82) is 0 Å². The van der Waals surface area contributed by atoms with E-state index in [9.17, 15) is 29.7 Å². The molecule has 1 fully saturated rings. The maximum atomic E-state index is 12.2. The van der Waals surface area contributed by atoms with Gasteiger partial charge in [-0.05, 0) is 26.2 Å². The molecule has 7 atom stereocenters. The molecule has 7 unspecified atom stereocenters. The third-order valence-electron chi connectivity index (χ3n) is 4.79. The number of rotatable bonds is 8. The molecular weight excluding hydrogens is 396 g/mol. The lowest BCUT2D eigenvalue weighted by atomic mass is 9.84.